The standard InChI is InChI=1S/C22H17N5O/c1-15-12-13-19-18(14-15)20(28)26(17-10-6-3-7-11-17)22-25-24-21(27(19)22)23-16-8-4-2-5-9-16/h2-14H,1H3,(H,23,24). The van der Waals surface area contributed by atoms with Crippen LogP contribution in [0, 0.1) is 6.92 Å². The lowest BCUT2D eigenvalue weighted by Gasteiger charge is -2.12. The molecular formula is C22H17N5O. The molecule has 2 aromatic heterocycles. The fraction of sp³-hybridized carbons (Fsp3) is 0.0455. The van der Waals surface area contributed by atoms with Gasteiger partial charge in [0.25, 0.3) is 5.56 Å². The van der Waals surface area contributed by atoms with Gasteiger partial charge in [-0.2, -0.15) is 0 Å². The van der Waals surface area contributed by atoms with Crippen LogP contribution in [0.2, 0.25) is 0 Å². The number of fused-ring (bicyclic) bond motifs is 3. The Morgan fingerprint density at radius 2 is 1.57 bits per heavy atom. The summed E-state index contributed by atoms with van der Waals surface area (Å²) in [6.07, 6.45) is 0. The number of hydrogen-bond donors (Lipinski definition) is 1. The number of nitrogens with zero attached hydrogens (tertiary/aromatic N) is 4. The summed E-state index contributed by atoms with van der Waals surface area (Å²) in [5, 5.41) is 12.6. The van der Waals surface area contributed by atoms with E-state index in [1.165, 1.54) is 0 Å². The normalized spacial score (nSPS) is 11.2. The van der Waals surface area contributed by atoms with E-state index in [-0.39, 0.29) is 5.56 Å². The molecule has 5 aromatic rings. The van der Waals surface area contributed by atoms with E-state index >= 15 is 0 Å². The Morgan fingerprint density at radius 1 is 0.857 bits per heavy atom. The number of benzene rings is 3. The second-order valence-electron chi connectivity index (χ2n) is 6.65. The van der Waals surface area contributed by atoms with Crippen LogP contribution in [0.15, 0.2) is 83.7 Å². The maximum Gasteiger partial charge on any atom is 0.267 e. The van der Waals surface area contributed by atoms with Crippen molar-refractivity contribution in [3.8, 4) is 5.69 Å². The Balaban J connectivity index is 1.87. The molecule has 0 saturated carbocycles. The second kappa shape index (κ2) is 6.35. The molecule has 136 valence electrons. The predicted octanol–water partition coefficient (Wildman–Crippen LogP) is 4.09. The van der Waals surface area contributed by atoms with E-state index in [1.54, 1.807) is 4.57 Å². The molecule has 0 aliphatic carbocycles. The highest BCUT2D eigenvalue weighted by atomic mass is 16.1. The number of anilines is 2. The molecule has 0 atom stereocenters. The SMILES string of the molecule is Cc1ccc2c(c1)c(=O)n(-c1ccccc1)c1nnc(Nc3ccccc3)n21. The molecule has 5 rings (SSSR count). The predicted molar refractivity (Wildman–Crippen MR) is 111 cm³/mol. The Morgan fingerprint density at radius 3 is 2.32 bits per heavy atom. The Labute approximate surface area is 160 Å². The first-order valence-corrected chi connectivity index (χ1v) is 9.00. The van der Waals surface area contributed by atoms with Gasteiger partial charge in [0.1, 0.15) is 0 Å². The topological polar surface area (TPSA) is 64.2 Å². The minimum absolute atomic E-state index is 0.115. The van der Waals surface area contributed by atoms with E-state index in [9.17, 15) is 4.79 Å². The van der Waals surface area contributed by atoms with Crippen molar-refractivity contribution in [2.75, 3.05) is 5.32 Å². The van der Waals surface area contributed by atoms with Crippen LogP contribution in [-0.4, -0.2) is 19.2 Å². The molecule has 2 heterocycles. The van der Waals surface area contributed by atoms with Crippen molar-refractivity contribution in [2.45, 2.75) is 6.92 Å². The van der Waals surface area contributed by atoms with E-state index in [0.29, 0.717) is 17.1 Å². The van der Waals surface area contributed by atoms with Gasteiger partial charge in [-0.1, -0.05) is 48.0 Å². The van der Waals surface area contributed by atoms with Crippen LogP contribution < -0.4 is 10.9 Å². The minimum Gasteiger partial charge on any atom is -0.324 e. The maximum atomic E-state index is 13.3. The molecule has 0 aliphatic heterocycles. The summed E-state index contributed by atoms with van der Waals surface area (Å²) in [4.78, 5) is 13.3. The lowest BCUT2D eigenvalue weighted by Crippen LogP contribution is -2.22. The second-order valence-corrected chi connectivity index (χ2v) is 6.65. The molecule has 6 nitrogen and oxygen atoms in total. The van der Waals surface area contributed by atoms with Crippen LogP contribution in [-0.2, 0) is 0 Å². The van der Waals surface area contributed by atoms with Crippen molar-refractivity contribution in [3.63, 3.8) is 0 Å². The summed E-state index contributed by atoms with van der Waals surface area (Å²) in [6.45, 7) is 1.98. The lowest BCUT2D eigenvalue weighted by molar-refractivity contribution is 0.966. The number of rotatable bonds is 3. The van der Waals surface area contributed by atoms with Gasteiger partial charge in [0.15, 0.2) is 0 Å². The van der Waals surface area contributed by atoms with Gasteiger partial charge in [-0.25, -0.2) is 8.97 Å². The molecule has 0 saturated heterocycles. The van der Waals surface area contributed by atoms with Crippen LogP contribution in [0.3, 0.4) is 0 Å². The highest BCUT2D eigenvalue weighted by Crippen LogP contribution is 2.22. The summed E-state index contributed by atoms with van der Waals surface area (Å²) in [6, 6.07) is 25.1. The summed E-state index contributed by atoms with van der Waals surface area (Å²) in [5.74, 6) is 1.02. The third-order valence-corrected chi connectivity index (χ3v) is 4.72. The van der Waals surface area contributed by atoms with Gasteiger partial charge < -0.3 is 5.32 Å². The molecule has 0 spiro atoms. The largest absolute Gasteiger partial charge is 0.324 e. The van der Waals surface area contributed by atoms with Crippen LogP contribution in [0.1, 0.15) is 5.56 Å². The van der Waals surface area contributed by atoms with Crippen molar-refractivity contribution in [2.24, 2.45) is 0 Å². The van der Waals surface area contributed by atoms with Gasteiger partial charge in [0, 0.05) is 5.69 Å². The van der Waals surface area contributed by atoms with Crippen LogP contribution in [0.25, 0.3) is 22.4 Å². The number of nitrogens with one attached hydrogen (secondary N) is 1. The maximum absolute atomic E-state index is 13.3. The van der Waals surface area contributed by atoms with E-state index in [1.807, 2.05) is 90.2 Å². The Kier molecular flexibility index (Phi) is 3.69. The number of aryl methyl sites for hydroxylation is 1. The van der Waals surface area contributed by atoms with Crippen molar-refractivity contribution in [1.29, 1.82) is 0 Å². The van der Waals surface area contributed by atoms with Gasteiger partial charge in [-0.15, -0.1) is 10.2 Å². The lowest BCUT2D eigenvalue weighted by atomic mass is 10.1. The Hall–Kier alpha value is -3.93. The minimum atomic E-state index is -0.115. The summed E-state index contributed by atoms with van der Waals surface area (Å²) in [7, 11) is 0. The first kappa shape index (κ1) is 16.3. The zero-order valence-electron chi connectivity index (χ0n) is 15.2. The van der Waals surface area contributed by atoms with E-state index in [2.05, 4.69) is 15.5 Å². The van der Waals surface area contributed by atoms with Gasteiger partial charge >= 0.3 is 0 Å². The van der Waals surface area contributed by atoms with E-state index in [0.717, 1.165) is 22.5 Å². The molecule has 6 heteroatoms. The molecule has 0 radical (unpaired) electrons. The average Bonchev–Trinajstić information content (AvgIpc) is 3.13. The van der Waals surface area contributed by atoms with Crippen LogP contribution in [0.5, 0.6) is 0 Å². The van der Waals surface area contributed by atoms with Crippen molar-refractivity contribution >= 4 is 28.3 Å². The molecule has 3 aromatic carbocycles. The van der Waals surface area contributed by atoms with Gasteiger partial charge in [-0.3, -0.25) is 4.79 Å². The molecule has 28 heavy (non-hydrogen) atoms. The quantitative estimate of drug-likeness (QED) is 0.522. The van der Waals surface area contributed by atoms with Crippen molar-refractivity contribution < 1.29 is 0 Å². The molecule has 0 fully saturated rings. The zero-order valence-corrected chi connectivity index (χ0v) is 15.2. The van der Waals surface area contributed by atoms with Crippen LogP contribution >= 0.6 is 0 Å². The molecule has 0 aliphatic rings. The number of para-hydroxylation sites is 2. The third kappa shape index (κ3) is 2.54. The smallest absolute Gasteiger partial charge is 0.267 e. The zero-order chi connectivity index (χ0) is 19.1. The average molecular weight is 367 g/mol. The highest BCUT2D eigenvalue weighted by Gasteiger charge is 2.17. The van der Waals surface area contributed by atoms with Crippen molar-refractivity contribution in [3.05, 3.63) is 94.8 Å². The summed E-state index contributed by atoms with van der Waals surface area (Å²) in [5.41, 5.74) is 3.32. The molecule has 0 unspecified atom stereocenters. The molecular weight excluding hydrogens is 350 g/mol. The van der Waals surface area contributed by atoms with E-state index in [4.69, 9.17) is 0 Å². The fourth-order valence-electron chi connectivity index (χ4n) is 3.41. The third-order valence-electron chi connectivity index (χ3n) is 4.72. The van der Waals surface area contributed by atoms with Crippen LogP contribution in [0.4, 0.5) is 11.6 Å². The fourth-order valence-corrected chi connectivity index (χ4v) is 3.41. The highest BCUT2D eigenvalue weighted by molar-refractivity contribution is 5.83. The molecule has 0 bridgehead atoms. The first-order valence-electron chi connectivity index (χ1n) is 9.00. The molecule has 0 amide bonds. The van der Waals surface area contributed by atoms with Crippen molar-refractivity contribution in [1.82, 2.24) is 19.2 Å². The summed E-state index contributed by atoms with van der Waals surface area (Å²) < 4.78 is 3.49. The molecule has 1 N–H and O–H groups in total. The first-order chi connectivity index (χ1) is 13.7. The number of aromatic nitrogens is 4. The Bertz CT molecular complexity index is 1350. The van der Waals surface area contributed by atoms with Gasteiger partial charge in [-0.05, 0) is 43.3 Å². The summed E-state index contributed by atoms with van der Waals surface area (Å²) >= 11 is 0. The number of hydrogen-bond acceptors (Lipinski definition) is 4. The van der Waals surface area contributed by atoms with Gasteiger partial charge in [0.05, 0.1) is 16.6 Å². The van der Waals surface area contributed by atoms with Gasteiger partial charge in [0.2, 0.25) is 11.7 Å². The monoisotopic (exact) mass is 367 g/mol. The van der Waals surface area contributed by atoms with E-state index < -0.39 is 0 Å².